The Morgan fingerprint density at radius 3 is 2.33 bits per heavy atom. The maximum absolute atomic E-state index is 12.8. The molecule has 4 rings (SSSR count). The number of aromatic nitrogens is 1. The molecule has 4 N–H and O–H groups in total. The third kappa shape index (κ3) is 4.33. The second-order valence-electron chi connectivity index (χ2n) is 7.20. The molecule has 0 spiro atoms. The average molecular weight is 398 g/mol. The van der Waals surface area contributed by atoms with Gasteiger partial charge in [-0.2, -0.15) is 0 Å². The number of para-hydroxylation sites is 1. The Morgan fingerprint density at radius 1 is 0.767 bits per heavy atom. The summed E-state index contributed by atoms with van der Waals surface area (Å²) in [5.74, 6) is -0.238. The highest BCUT2D eigenvalue weighted by Gasteiger charge is 2.12. The minimum atomic E-state index is -0.353. The first-order valence-corrected chi connectivity index (χ1v) is 9.62. The Bertz CT molecular complexity index is 1230. The van der Waals surface area contributed by atoms with Gasteiger partial charge >= 0.3 is 6.03 Å². The van der Waals surface area contributed by atoms with Crippen LogP contribution >= 0.6 is 0 Å². The number of carbonyl (C=O) groups excluding carboxylic acids is 2. The molecule has 0 saturated carbocycles. The summed E-state index contributed by atoms with van der Waals surface area (Å²) in [5.41, 5.74) is 5.33. The SMILES string of the molecule is Cc1ccc2cc(C(=O)Nc3cc(NC(=O)Nc4ccccc4)ccc3C)[nH]c2c1. The predicted octanol–water partition coefficient (Wildman–Crippen LogP) is 5.68. The number of carbonyl (C=O) groups is 2. The molecular weight excluding hydrogens is 376 g/mol. The molecule has 4 aromatic rings. The summed E-state index contributed by atoms with van der Waals surface area (Å²) in [6.07, 6.45) is 0. The number of amides is 3. The van der Waals surface area contributed by atoms with Gasteiger partial charge in [-0.1, -0.05) is 36.4 Å². The lowest BCUT2D eigenvalue weighted by Gasteiger charge is -2.12. The maximum atomic E-state index is 12.8. The first-order valence-electron chi connectivity index (χ1n) is 9.62. The van der Waals surface area contributed by atoms with Crippen LogP contribution in [-0.4, -0.2) is 16.9 Å². The number of fused-ring (bicyclic) bond motifs is 1. The van der Waals surface area contributed by atoms with Crippen molar-refractivity contribution in [1.82, 2.24) is 4.98 Å². The molecule has 0 aliphatic carbocycles. The van der Waals surface area contributed by atoms with E-state index < -0.39 is 0 Å². The van der Waals surface area contributed by atoms with Gasteiger partial charge < -0.3 is 20.9 Å². The van der Waals surface area contributed by atoms with E-state index in [1.807, 2.05) is 74.5 Å². The lowest BCUT2D eigenvalue weighted by Crippen LogP contribution is -2.19. The third-order valence-corrected chi connectivity index (χ3v) is 4.80. The fraction of sp³-hybridized carbons (Fsp3) is 0.0833. The lowest BCUT2D eigenvalue weighted by molar-refractivity contribution is 0.102. The highest BCUT2D eigenvalue weighted by molar-refractivity contribution is 6.07. The number of nitrogens with one attached hydrogen (secondary N) is 4. The highest BCUT2D eigenvalue weighted by atomic mass is 16.2. The minimum absolute atomic E-state index is 0.238. The minimum Gasteiger partial charge on any atom is -0.351 e. The third-order valence-electron chi connectivity index (χ3n) is 4.80. The van der Waals surface area contributed by atoms with Crippen LogP contribution in [0.4, 0.5) is 21.9 Å². The van der Waals surface area contributed by atoms with Gasteiger partial charge in [-0.15, -0.1) is 0 Å². The van der Waals surface area contributed by atoms with Crippen LogP contribution in [0.2, 0.25) is 0 Å². The smallest absolute Gasteiger partial charge is 0.323 e. The van der Waals surface area contributed by atoms with E-state index >= 15 is 0 Å². The van der Waals surface area contributed by atoms with Gasteiger partial charge in [-0.3, -0.25) is 4.79 Å². The normalized spacial score (nSPS) is 10.6. The van der Waals surface area contributed by atoms with Gasteiger partial charge in [-0.05, 0) is 61.4 Å². The van der Waals surface area contributed by atoms with Crippen LogP contribution in [0.5, 0.6) is 0 Å². The molecule has 0 atom stereocenters. The molecule has 0 aliphatic heterocycles. The van der Waals surface area contributed by atoms with Gasteiger partial charge in [0, 0.05) is 28.0 Å². The van der Waals surface area contributed by atoms with Crippen molar-refractivity contribution in [2.75, 3.05) is 16.0 Å². The molecule has 30 heavy (non-hydrogen) atoms. The summed E-state index contributed by atoms with van der Waals surface area (Å²) in [6.45, 7) is 3.91. The Kier molecular flexibility index (Phi) is 5.22. The van der Waals surface area contributed by atoms with Crippen LogP contribution in [0.3, 0.4) is 0 Å². The molecule has 3 amide bonds. The van der Waals surface area contributed by atoms with E-state index in [1.165, 1.54) is 0 Å². The molecule has 1 aromatic heterocycles. The van der Waals surface area contributed by atoms with Crippen LogP contribution in [0.1, 0.15) is 21.6 Å². The summed E-state index contributed by atoms with van der Waals surface area (Å²) in [7, 11) is 0. The number of aryl methyl sites for hydroxylation is 2. The van der Waals surface area contributed by atoms with Gasteiger partial charge in [0.25, 0.3) is 5.91 Å². The molecule has 6 heteroatoms. The Morgan fingerprint density at radius 2 is 1.53 bits per heavy atom. The summed E-state index contributed by atoms with van der Waals surface area (Å²) in [6, 6.07) is 22.1. The van der Waals surface area contributed by atoms with Crippen molar-refractivity contribution in [3.8, 4) is 0 Å². The van der Waals surface area contributed by atoms with Crippen LogP contribution in [0.25, 0.3) is 10.9 Å². The van der Waals surface area contributed by atoms with Crippen molar-refractivity contribution >= 4 is 39.9 Å². The molecule has 150 valence electrons. The number of anilines is 3. The van der Waals surface area contributed by atoms with Gasteiger partial charge in [0.15, 0.2) is 0 Å². The molecule has 6 nitrogen and oxygen atoms in total. The highest BCUT2D eigenvalue weighted by Crippen LogP contribution is 2.23. The molecule has 0 saturated heterocycles. The summed E-state index contributed by atoms with van der Waals surface area (Å²) < 4.78 is 0. The van der Waals surface area contributed by atoms with E-state index in [0.29, 0.717) is 22.8 Å². The summed E-state index contributed by atoms with van der Waals surface area (Å²) >= 11 is 0. The van der Waals surface area contributed by atoms with Gasteiger partial charge in [0.1, 0.15) is 5.69 Å². The molecule has 0 aliphatic rings. The van der Waals surface area contributed by atoms with Crippen molar-refractivity contribution in [1.29, 1.82) is 0 Å². The van der Waals surface area contributed by atoms with Gasteiger partial charge in [0.2, 0.25) is 0 Å². The first-order chi connectivity index (χ1) is 14.5. The zero-order chi connectivity index (χ0) is 21.1. The molecule has 1 heterocycles. The van der Waals surface area contributed by atoms with Gasteiger partial charge in [-0.25, -0.2) is 4.79 Å². The number of rotatable bonds is 4. The van der Waals surface area contributed by atoms with E-state index in [2.05, 4.69) is 20.9 Å². The standard InChI is InChI=1S/C24H22N4O2/c1-15-8-10-17-13-22(27-21(17)12-15)23(29)28-20-14-19(11-9-16(20)2)26-24(30)25-18-6-4-3-5-7-18/h3-14,27H,1-2H3,(H,28,29)(H2,25,26,30). The van der Waals surface area contributed by atoms with Crippen LogP contribution in [0, 0.1) is 13.8 Å². The molecule has 0 fully saturated rings. The molecule has 0 radical (unpaired) electrons. The summed E-state index contributed by atoms with van der Waals surface area (Å²) in [5, 5.41) is 9.46. The van der Waals surface area contributed by atoms with Crippen LogP contribution in [0.15, 0.2) is 72.8 Å². The fourth-order valence-electron chi connectivity index (χ4n) is 3.20. The molecule has 0 unspecified atom stereocenters. The van der Waals surface area contributed by atoms with Crippen molar-refractivity contribution in [3.05, 3.63) is 89.6 Å². The van der Waals surface area contributed by atoms with E-state index in [1.54, 1.807) is 12.1 Å². The number of aromatic amines is 1. The second-order valence-corrected chi connectivity index (χ2v) is 7.20. The number of hydrogen-bond acceptors (Lipinski definition) is 2. The number of benzene rings is 3. The first kappa shape index (κ1) is 19.3. The molecule has 3 aromatic carbocycles. The molecule has 0 bridgehead atoms. The quantitative estimate of drug-likeness (QED) is 0.356. The maximum Gasteiger partial charge on any atom is 0.323 e. The lowest BCUT2D eigenvalue weighted by atomic mass is 10.1. The number of hydrogen-bond donors (Lipinski definition) is 4. The van der Waals surface area contributed by atoms with Gasteiger partial charge in [0.05, 0.1) is 0 Å². The zero-order valence-corrected chi connectivity index (χ0v) is 16.7. The van der Waals surface area contributed by atoms with Crippen LogP contribution in [-0.2, 0) is 0 Å². The second kappa shape index (κ2) is 8.13. The topological polar surface area (TPSA) is 86.0 Å². The number of urea groups is 1. The van der Waals surface area contributed by atoms with Crippen molar-refractivity contribution in [2.24, 2.45) is 0 Å². The fourth-order valence-corrected chi connectivity index (χ4v) is 3.20. The van der Waals surface area contributed by atoms with E-state index in [9.17, 15) is 9.59 Å². The monoisotopic (exact) mass is 398 g/mol. The number of H-pyrrole nitrogens is 1. The zero-order valence-electron chi connectivity index (χ0n) is 16.7. The van der Waals surface area contributed by atoms with E-state index in [4.69, 9.17) is 0 Å². The molecular formula is C24H22N4O2. The summed E-state index contributed by atoms with van der Waals surface area (Å²) in [4.78, 5) is 28.1. The van der Waals surface area contributed by atoms with Crippen molar-refractivity contribution in [2.45, 2.75) is 13.8 Å². The predicted molar refractivity (Wildman–Crippen MR) is 121 cm³/mol. The van der Waals surface area contributed by atoms with Crippen molar-refractivity contribution in [3.63, 3.8) is 0 Å². The largest absolute Gasteiger partial charge is 0.351 e. The van der Waals surface area contributed by atoms with Crippen LogP contribution < -0.4 is 16.0 Å². The average Bonchev–Trinajstić information content (AvgIpc) is 3.14. The Labute approximate surface area is 174 Å². The van der Waals surface area contributed by atoms with Crippen molar-refractivity contribution < 1.29 is 9.59 Å². The van der Waals surface area contributed by atoms with E-state index in [0.717, 1.165) is 22.0 Å². The Balaban J connectivity index is 1.48. The van der Waals surface area contributed by atoms with E-state index in [-0.39, 0.29) is 11.9 Å². The Hall–Kier alpha value is -4.06.